The summed E-state index contributed by atoms with van der Waals surface area (Å²) in [5.74, 6) is -14.2. The Morgan fingerprint density at radius 3 is 0.961 bits per heavy atom. The van der Waals surface area contributed by atoms with E-state index in [1.54, 1.807) is 0 Å². The second-order valence-electron chi connectivity index (χ2n) is 16.3. The molecule has 418 valence electrons. The Morgan fingerprint density at radius 2 is 0.697 bits per heavy atom. The van der Waals surface area contributed by atoms with Crippen molar-refractivity contribution in [1.82, 2.24) is 20.4 Å². The fourth-order valence-corrected chi connectivity index (χ4v) is 7.46. The molecule has 30 nitrogen and oxygen atoms in total. The highest BCUT2D eigenvalue weighted by Crippen LogP contribution is 2.34. The van der Waals surface area contributed by atoms with Gasteiger partial charge in [0, 0.05) is 66.5 Å². The van der Waals surface area contributed by atoms with Gasteiger partial charge in [-0.3, -0.25) is 76.9 Å². The van der Waals surface area contributed by atoms with Gasteiger partial charge in [0.1, 0.15) is 51.6 Å². The van der Waals surface area contributed by atoms with E-state index < -0.39 is 184 Å². The minimum atomic E-state index is -2.00. The summed E-state index contributed by atoms with van der Waals surface area (Å²) >= 11 is 0. The van der Waals surface area contributed by atoms with E-state index in [0.29, 0.717) is 9.80 Å². The lowest BCUT2D eigenvalue weighted by Gasteiger charge is -2.47. The molecule has 10 atom stereocenters. The Kier molecular flexibility index (Phi) is 23.6. The van der Waals surface area contributed by atoms with Gasteiger partial charge in [-0.2, -0.15) is 0 Å². The molecule has 4 amide bonds. The summed E-state index contributed by atoms with van der Waals surface area (Å²) in [6.45, 7) is 2.69. The number of carbonyl (C=O) groups is 14. The van der Waals surface area contributed by atoms with E-state index in [0.717, 1.165) is 93.9 Å². The summed E-state index contributed by atoms with van der Waals surface area (Å²) in [5.41, 5.74) is -0.778. The largest absolute Gasteiger partial charge is 0.468 e. The first-order valence-corrected chi connectivity index (χ1v) is 22.7. The zero-order valence-electron chi connectivity index (χ0n) is 42.8. The Bertz CT molecular complexity index is 2210. The van der Waals surface area contributed by atoms with Crippen molar-refractivity contribution >= 4 is 83.3 Å². The van der Waals surface area contributed by atoms with Crippen LogP contribution < -0.4 is 10.6 Å². The van der Waals surface area contributed by atoms with Crippen LogP contribution in [0.2, 0.25) is 0 Å². The highest BCUT2D eigenvalue weighted by atomic mass is 16.7. The molecule has 1 aromatic rings. The molecule has 0 aliphatic carbocycles. The first-order chi connectivity index (χ1) is 35.7. The average Bonchev–Trinajstić information content (AvgIpc) is 3.33. The zero-order chi connectivity index (χ0) is 57.1. The van der Waals surface area contributed by atoms with Gasteiger partial charge in [-0.1, -0.05) is 0 Å². The maximum atomic E-state index is 14.8. The van der Waals surface area contributed by atoms with E-state index in [2.05, 4.69) is 20.1 Å². The summed E-state index contributed by atoms with van der Waals surface area (Å²) in [5, 5.41) is 4.46. The molecule has 0 radical (unpaired) electrons. The molecule has 0 unspecified atom stereocenters. The fourth-order valence-electron chi connectivity index (χ4n) is 7.46. The van der Waals surface area contributed by atoms with Gasteiger partial charge < -0.3 is 67.5 Å². The maximum Gasteiger partial charge on any atom is 0.325 e. The number of esters is 10. The van der Waals surface area contributed by atoms with E-state index in [1.165, 1.54) is 0 Å². The molecule has 3 rings (SSSR count). The van der Waals surface area contributed by atoms with Crippen molar-refractivity contribution in [3.63, 3.8) is 0 Å². The van der Waals surface area contributed by atoms with Crippen LogP contribution in [0.1, 0.15) is 76.1 Å². The molecule has 0 aromatic heterocycles. The molecule has 2 fully saturated rings. The van der Waals surface area contributed by atoms with E-state index in [9.17, 15) is 67.1 Å². The van der Waals surface area contributed by atoms with Crippen LogP contribution in [0.4, 0.5) is 0 Å². The summed E-state index contributed by atoms with van der Waals surface area (Å²) in [4.78, 5) is 181. The van der Waals surface area contributed by atoms with Crippen LogP contribution in [0.5, 0.6) is 0 Å². The van der Waals surface area contributed by atoms with E-state index >= 15 is 0 Å². The van der Waals surface area contributed by atoms with Crippen LogP contribution in [0, 0.1) is 0 Å². The molecule has 0 bridgehead atoms. The monoisotopic (exact) mass is 1080 g/mol. The lowest BCUT2D eigenvalue weighted by molar-refractivity contribution is -0.272. The summed E-state index contributed by atoms with van der Waals surface area (Å²) in [6.07, 6.45) is -18.1. The van der Waals surface area contributed by atoms with Gasteiger partial charge in [0.25, 0.3) is 11.8 Å². The number of rotatable bonds is 22. The number of hydrogen-bond acceptors (Lipinski definition) is 26. The second kappa shape index (κ2) is 29.0. The average molecular weight is 1080 g/mol. The van der Waals surface area contributed by atoms with Gasteiger partial charge in [0.15, 0.2) is 49.1 Å². The highest BCUT2D eigenvalue weighted by molar-refractivity contribution is 6.00. The molecule has 2 saturated heterocycles. The van der Waals surface area contributed by atoms with E-state index in [-0.39, 0.29) is 11.1 Å². The molecule has 0 spiro atoms. The number of hydrogen-bond donors (Lipinski definition) is 2. The Morgan fingerprint density at radius 1 is 0.421 bits per heavy atom. The smallest absolute Gasteiger partial charge is 0.325 e. The van der Waals surface area contributed by atoms with Gasteiger partial charge >= 0.3 is 59.7 Å². The van der Waals surface area contributed by atoms with Crippen LogP contribution in [0.15, 0.2) is 24.3 Å². The molecule has 2 aliphatic rings. The molecule has 30 heteroatoms. The Hall–Kier alpha value is -8.28. The Balaban J connectivity index is 2.30. The number of ether oxygens (including phenoxy) is 12. The first-order valence-electron chi connectivity index (χ1n) is 22.7. The lowest BCUT2D eigenvalue weighted by atomic mass is 9.95. The van der Waals surface area contributed by atoms with Crippen molar-refractivity contribution in [3.8, 4) is 0 Å². The van der Waals surface area contributed by atoms with Crippen LogP contribution >= 0.6 is 0 Å². The van der Waals surface area contributed by atoms with Crippen LogP contribution in [-0.2, 0) is 114 Å². The molecular weight excluding hydrogens is 1020 g/mol. The number of amides is 4. The van der Waals surface area contributed by atoms with Crippen molar-refractivity contribution in [1.29, 1.82) is 0 Å². The first kappa shape index (κ1) is 62.0. The molecule has 2 N–H and O–H groups in total. The molecule has 76 heavy (non-hydrogen) atoms. The highest BCUT2D eigenvalue weighted by Gasteiger charge is 2.57. The molecule has 0 saturated carbocycles. The third kappa shape index (κ3) is 18.6. The van der Waals surface area contributed by atoms with Gasteiger partial charge in [-0.15, -0.1) is 0 Å². The topological polar surface area (TPSA) is 380 Å². The predicted octanol–water partition coefficient (Wildman–Crippen LogP) is -2.68. The van der Waals surface area contributed by atoms with Crippen molar-refractivity contribution < 1.29 is 124 Å². The lowest BCUT2D eigenvalue weighted by Crippen LogP contribution is -2.67. The van der Waals surface area contributed by atoms with E-state index in [1.807, 2.05) is 0 Å². The second-order valence-corrected chi connectivity index (χ2v) is 16.3. The maximum absolute atomic E-state index is 14.8. The van der Waals surface area contributed by atoms with Gasteiger partial charge in [-0.25, -0.2) is 0 Å². The fraction of sp³-hybridized carbons (Fsp3) is 0.565. The van der Waals surface area contributed by atoms with Gasteiger partial charge in [-0.05, 0) is 24.3 Å². The zero-order valence-corrected chi connectivity index (χ0v) is 42.8. The minimum Gasteiger partial charge on any atom is -0.468 e. The molecular formula is C46H58N4O26. The van der Waals surface area contributed by atoms with Gasteiger partial charge in [0.05, 0.1) is 14.2 Å². The van der Waals surface area contributed by atoms with Crippen LogP contribution in [0.25, 0.3) is 0 Å². The van der Waals surface area contributed by atoms with Crippen molar-refractivity contribution in [2.45, 2.75) is 117 Å². The molecule has 2 heterocycles. The molecule has 2 aliphatic heterocycles. The van der Waals surface area contributed by atoms with Crippen LogP contribution in [0.3, 0.4) is 0 Å². The van der Waals surface area contributed by atoms with Crippen molar-refractivity contribution in [3.05, 3.63) is 35.4 Å². The number of benzene rings is 1. The quantitative estimate of drug-likeness (QED) is 0.0882. The molecule has 1 aromatic carbocycles. The summed E-state index contributed by atoms with van der Waals surface area (Å²) in [7, 11) is 2.05. The van der Waals surface area contributed by atoms with Crippen molar-refractivity contribution in [2.24, 2.45) is 0 Å². The predicted molar refractivity (Wildman–Crippen MR) is 242 cm³/mol. The standard InChI is InChI=1S/C46H58N4O26/c1-21(51)67-19-31-37(69-23(3)53)39(71-25(5)55)41(73-27(7)57)45(75-31)49(17-33(59)47-15-35(61)65-9)43(63)29-11-13-30(14-12-29)44(64)50(18-34(60)48-16-36(62)66-10)46-42(74-28(8)58)40(72-26(6)56)38(70-24(4)54)32(76-46)20-68-22(2)52/h11-14,31-32,37-42,45-46H,15-20H2,1-10H3,(H,47,59)(H,48,60)/t31-,32-,37+,38+,39+,40+,41-,42-,45-,46-/m1/s1. The SMILES string of the molecule is COC(=O)CNC(=O)CN(C(=O)c1ccc(C(=O)N(CC(=O)NCC(=O)OC)[C@@H]2O[C@H](COC(C)=O)[C@H](OC(C)=O)[C@H](OC(C)=O)[C@H]2OC(C)=O)cc1)[C@@H]1O[C@H](COC(C)=O)[C@H](OC(C)=O)[C@H](OC(C)=O)[C@H]1OC(C)=O. The van der Waals surface area contributed by atoms with Gasteiger partial charge in [0.2, 0.25) is 11.8 Å². The summed E-state index contributed by atoms with van der Waals surface area (Å²) in [6, 6.07) is 4.07. The van der Waals surface area contributed by atoms with Crippen LogP contribution in [-0.4, -0.2) is 208 Å². The number of nitrogens with one attached hydrogen (secondary N) is 2. The Labute approximate surface area is 432 Å². The van der Waals surface area contributed by atoms with E-state index in [4.69, 9.17) is 47.4 Å². The summed E-state index contributed by atoms with van der Waals surface area (Å²) < 4.78 is 64.5. The minimum absolute atomic E-state index is 0.389. The third-order valence-electron chi connectivity index (χ3n) is 10.4. The number of nitrogens with zero attached hydrogens (tertiary/aromatic N) is 2. The normalized spacial score (nSPS) is 22.5. The van der Waals surface area contributed by atoms with Crippen molar-refractivity contribution in [2.75, 3.05) is 53.6 Å². The number of methoxy groups -OCH3 is 2. The number of carbonyl (C=O) groups excluding carboxylic acids is 14. The third-order valence-corrected chi connectivity index (χ3v) is 10.4.